The van der Waals surface area contributed by atoms with Gasteiger partial charge in [-0.1, -0.05) is 30.3 Å². The van der Waals surface area contributed by atoms with Crippen LogP contribution in [0.15, 0.2) is 42.5 Å². The van der Waals surface area contributed by atoms with Gasteiger partial charge in [0, 0.05) is 5.92 Å². The molecule has 0 bridgehead atoms. The van der Waals surface area contributed by atoms with Gasteiger partial charge in [0.1, 0.15) is 6.61 Å². The van der Waals surface area contributed by atoms with E-state index in [-0.39, 0.29) is 18.4 Å². The maximum Gasteiger partial charge on any atom is 0.225 e. The van der Waals surface area contributed by atoms with E-state index in [4.69, 9.17) is 16.3 Å². The molecule has 0 saturated heterocycles. The molecule has 0 N–H and O–H groups in total. The van der Waals surface area contributed by atoms with E-state index < -0.39 is 22.6 Å². The Morgan fingerprint density at radius 1 is 1.18 bits per heavy atom. The van der Waals surface area contributed by atoms with Crippen molar-refractivity contribution in [2.24, 2.45) is 5.92 Å². The first-order valence-electron chi connectivity index (χ1n) is 6.91. The average molecular weight is 323 g/mol. The topological polar surface area (TPSA) is 26.3 Å². The molecule has 1 aliphatic rings. The molecule has 0 radical (unpaired) electrons. The molecule has 2 unspecified atom stereocenters. The second-order valence-electron chi connectivity index (χ2n) is 5.34. The molecule has 3 rings (SSSR count). The predicted molar refractivity (Wildman–Crippen MR) is 78.8 cm³/mol. The summed E-state index contributed by atoms with van der Waals surface area (Å²) in [6.07, 6.45) is 0.533. The first kappa shape index (κ1) is 15.0. The number of carbonyl (C=O) groups is 1. The average Bonchev–Trinajstić information content (AvgIpc) is 3.28. The van der Waals surface area contributed by atoms with Crippen LogP contribution in [-0.2, 0) is 11.4 Å². The highest BCUT2D eigenvalue weighted by molar-refractivity contribution is 6.64. The predicted octanol–water partition coefficient (Wildman–Crippen LogP) is 4.41. The quantitative estimate of drug-likeness (QED) is 0.762. The second-order valence-corrected chi connectivity index (χ2v) is 5.71. The van der Waals surface area contributed by atoms with E-state index in [0.717, 1.165) is 5.56 Å². The Kier molecular flexibility index (Phi) is 4.12. The lowest BCUT2D eigenvalue weighted by Crippen LogP contribution is -2.01. The maximum atomic E-state index is 14.0. The standard InChI is InChI=1S/C17H13ClF2O2/c18-17(21)13-8-12(13)11-6-14(19)16(15(20)7-11)22-9-10-4-2-1-3-5-10/h1-7,12-13H,8-9H2. The molecular weight excluding hydrogens is 310 g/mol. The highest BCUT2D eigenvalue weighted by Gasteiger charge is 2.43. The molecule has 2 aromatic carbocycles. The van der Waals surface area contributed by atoms with E-state index in [1.807, 2.05) is 30.3 Å². The molecule has 2 aromatic rings. The molecule has 5 heteroatoms. The normalized spacial score (nSPS) is 19.8. The second kappa shape index (κ2) is 6.05. The van der Waals surface area contributed by atoms with Crippen molar-refractivity contribution in [1.82, 2.24) is 0 Å². The van der Waals surface area contributed by atoms with Gasteiger partial charge in [-0.25, -0.2) is 8.78 Å². The van der Waals surface area contributed by atoms with Crippen molar-refractivity contribution < 1.29 is 18.3 Å². The van der Waals surface area contributed by atoms with Crippen molar-refractivity contribution in [3.63, 3.8) is 0 Å². The van der Waals surface area contributed by atoms with E-state index in [1.54, 1.807) is 0 Å². The van der Waals surface area contributed by atoms with Gasteiger partial charge in [0.2, 0.25) is 5.24 Å². The zero-order chi connectivity index (χ0) is 15.7. The van der Waals surface area contributed by atoms with Crippen LogP contribution < -0.4 is 4.74 Å². The molecule has 0 spiro atoms. The Balaban J connectivity index is 1.74. The Bertz CT molecular complexity index is 680. The van der Waals surface area contributed by atoms with Gasteiger partial charge in [0.15, 0.2) is 17.4 Å². The summed E-state index contributed by atoms with van der Waals surface area (Å²) >= 11 is 5.40. The summed E-state index contributed by atoms with van der Waals surface area (Å²) in [4.78, 5) is 11.0. The van der Waals surface area contributed by atoms with Gasteiger partial charge in [0.25, 0.3) is 0 Å². The van der Waals surface area contributed by atoms with Gasteiger partial charge in [-0.05, 0) is 47.2 Å². The van der Waals surface area contributed by atoms with Crippen LogP contribution in [0.3, 0.4) is 0 Å². The van der Waals surface area contributed by atoms with E-state index in [1.165, 1.54) is 12.1 Å². The summed E-state index contributed by atoms with van der Waals surface area (Å²) < 4.78 is 33.3. The monoisotopic (exact) mass is 322 g/mol. The first-order valence-corrected chi connectivity index (χ1v) is 7.29. The fourth-order valence-electron chi connectivity index (χ4n) is 2.48. The van der Waals surface area contributed by atoms with Crippen molar-refractivity contribution in [2.75, 3.05) is 0 Å². The van der Waals surface area contributed by atoms with Crippen LogP contribution in [0.25, 0.3) is 0 Å². The highest BCUT2D eigenvalue weighted by Crippen LogP contribution is 2.49. The molecule has 1 saturated carbocycles. The summed E-state index contributed by atoms with van der Waals surface area (Å²) in [5.41, 5.74) is 1.27. The number of hydrogen-bond donors (Lipinski definition) is 0. The summed E-state index contributed by atoms with van der Waals surface area (Å²) in [5, 5.41) is -0.463. The van der Waals surface area contributed by atoms with Crippen molar-refractivity contribution in [3.8, 4) is 5.75 Å². The number of ether oxygens (including phenoxy) is 1. The van der Waals surface area contributed by atoms with Crippen LogP contribution in [0.1, 0.15) is 23.5 Å². The van der Waals surface area contributed by atoms with Crippen LogP contribution in [0.2, 0.25) is 0 Å². The number of halogens is 3. The maximum absolute atomic E-state index is 14.0. The van der Waals surface area contributed by atoms with Gasteiger partial charge in [-0.3, -0.25) is 4.79 Å². The minimum Gasteiger partial charge on any atom is -0.483 e. The smallest absolute Gasteiger partial charge is 0.225 e. The van der Waals surface area contributed by atoms with E-state index in [0.29, 0.717) is 12.0 Å². The molecule has 2 atom stereocenters. The third kappa shape index (κ3) is 3.12. The fourth-order valence-corrected chi connectivity index (χ4v) is 2.72. The van der Waals surface area contributed by atoms with Crippen LogP contribution in [-0.4, -0.2) is 5.24 Å². The molecule has 0 amide bonds. The van der Waals surface area contributed by atoms with Crippen LogP contribution >= 0.6 is 11.6 Å². The molecular formula is C17H13ClF2O2. The lowest BCUT2D eigenvalue weighted by atomic mass is 10.1. The molecule has 0 aliphatic heterocycles. The van der Waals surface area contributed by atoms with Crippen molar-refractivity contribution in [3.05, 3.63) is 65.2 Å². The van der Waals surface area contributed by atoms with E-state index in [9.17, 15) is 13.6 Å². The SMILES string of the molecule is O=C(Cl)C1CC1c1cc(F)c(OCc2ccccc2)c(F)c1. The largest absolute Gasteiger partial charge is 0.483 e. The minimum absolute atomic E-state index is 0.0836. The van der Waals surface area contributed by atoms with Gasteiger partial charge >= 0.3 is 0 Å². The lowest BCUT2D eigenvalue weighted by molar-refractivity contribution is -0.112. The zero-order valence-electron chi connectivity index (χ0n) is 11.6. The lowest BCUT2D eigenvalue weighted by Gasteiger charge is -2.10. The molecule has 0 aromatic heterocycles. The minimum atomic E-state index is -0.765. The van der Waals surface area contributed by atoms with Crippen LogP contribution in [0.5, 0.6) is 5.75 Å². The summed E-state index contributed by atoms with van der Waals surface area (Å²) in [7, 11) is 0. The Labute approximate surface area is 131 Å². The molecule has 1 fully saturated rings. The zero-order valence-corrected chi connectivity index (χ0v) is 12.3. The first-order chi connectivity index (χ1) is 10.6. The third-order valence-electron chi connectivity index (χ3n) is 3.76. The highest BCUT2D eigenvalue weighted by atomic mass is 35.5. The van der Waals surface area contributed by atoms with E-state index >= 15 is 0 Å². The van der Waals surface area contributed by atoms with Gasteiger partial charge in [-0.15, -0.1) is 0 Å². The summed E-state index contributed by atoms with van der Waals surface area (Å²) in [6.45, 7) is 0.0836. The van der Waals surface area contributed by atoms with E-state index in [2.05, 4.69) is 0 Å². The van der Waals surface area contributed by atoms with Gasteiger partial charge < -0.3 is 4.74 Å². The number of rotatable bonds is 5. The number of hydrogen-bond acceptors (Lipinski definition) is 2. The Hall–Kier alpha value is -1.94. The molecule has 2 nitrogen and oxygen atoms in total. The fraction of sp³-hybridized carbons (Fsp3) is 0.235. The Morgan fingerprint density at radius 2 is 1.82 bits per heavy atom. The number of carbonyl (C=O) groups excluding carboxylic acids is 1. The third-order valence-corrected chi connectivity index (χ3v) is 4.04. The van der Waals surface area contributed by atoms with Crippen molar-refractivity contribution in [1.29, 1.82) is 0 Å². The number of benzene rings is 2. The van der Waals surface area contributed by atoms with Gasteiger partial charge in [0.05, 0.1) is 0 Å². The molecule has 22 heavy (non-hydrogen) atoms. The molecule has 1 aliphatic carbocycles. The van der Waals surface area contributed by atoms with Crippen molar-refractivity contribution >= 4 is 16.8 Å². The van der Waals surface area contributed by atoms with Gasteiger partial charge in [-0.2, -0.15) is 0 Å². The summed E-state index contributed by atoms with van der Waals surface area (Å²) in [6, 6.07) is 11.6. The van der Waals surface area contributed by atoms with Crippen LogP contribution in [0.4, 0.5) is 8.78 Å². The molecule has 114 valence electrons. The molecule has 0 heterocycles. The Morgan fingerprint density at radius 3 is 2.36 bits per heavy atom. The van der Waals surface area contributed by atoms with Crippen molar-refractivity contribution in [2.45, 2.75) is 18.9 Å². The van der Waals surface area contributed by atoms with Crippen LogP contribution in [0, 0.1) is 17.6 Å². The summed E-state index contributed by atoms with van der Waals surface area (Å²) in [5.74, 6) is -2.46.